The summed E-state index contributed by atoms with van der Waals surface area (Å²) in [6.07, 6.45) is 1.18. The Balaban J connectivity index is 0. The third-order valence-corrected chi connectivity index (χ3v) is 1.71. The Morgan fingerprint density at radius 1 is 1.35 bits per heavy atom. The predicted molar refractivity (Wildman–Crippen MR) is 63.1 cm³/mol. The van der Waals surface area contributed by atoms with Gasteiger partial charge < -0.3 is 9.64 Å². The average molecular weight is 269 g/mol. The van der Waals surface area contributed by atoms with E-state index in [1.807, 2.05) is 0 Å². The molecule has 0 amide bonds. The lowest BCUT2D eigenvalue weighted by Crippen LogP contribution is -2.27. The lowest BCUT2D eigenvalue weighted by atomic mass is 10.5. The van der Waals surface area contributed by atoms with Crippen LogP contribution in [0.15, 0.2) is 12.7 Å². The van der Waals surface area contributed by atoms with Crippen LogP contribution in [0.25, 0.3) is 0 Å². The van der Waals surface area contributed by atoms with Gasteiger partial charge in [-0.25, -0.2) is 4.79 Å². The summed E-state index contributed by atoms with van der Waals surface area (Å²) in [5.41, 5.74) is 0. The van der Waals surface area contributed by atoms with Gasteiger partial charge in [0.25, 0.3) is 0 Å². The third kappa shape index (κ3) is 21.0. The van der Waals surface area contributed by atoms with Gasteiger partial charge in [0.1, 0.15) is 6.61 Å². The molecule has 102 valence electrons. The molecule has 0 aliphatic carbocycles. The number of hydrogen-bond acceptors (Lipinski definition) is 5. The molecule has 0 saturated carbocycles. The van der Waals surface area contributed by atoms with Crippen molar-refractivity contribution in [2.75, 3.05) is 26.2 Å². The van der Waals surface area contributed by atoms with Crippen LogP contribution in [-0.4, -0.2) is 54.6 Å². The molecule has 0 atom stereocenters. The highest BCUT2D eigenvalue weighted by molar-refractivity contribution is 7.79. The molecule has 0 saturated heterocycles. The Kier molecular flexibility index (Phi) is 11.1. The number of rotatable bonds is 6. The van der Waals surface area contributed by atoms with Crippen LogP contribution < -0.4 is 0 Å². The second-order valence-corrected chi connectivity index (χ2v) is 3.74. The van der Waals surface area contributed by atoms with E-state index in [0.717, 1.165) is 19.6 Å². The highest BCUT2D eigenvalue weighted by Gasteiger charge is 1.99. The largest absolute Gasteiger partial charge is 0.461 e. The SMILES string of the molecule is C=CC(=O)OCCN(CC)CC.O=S(=O)(O)O. The molecule has 17 heavy (non-hydrogen) atoms. The van der Waals surface area contributed by atoms with E-state index < -0.39 is 10.4 Å². The van der Waals surface area contributed by atoms with Crippen LogP contribution in [0.3, 0.4) is 0 Å². The quantitative estimate of drug-likeness (QED) is 0.408. The van der Waals surface area contributed by atoms with Gasteiger partial charge >= 0.3 is 16.4 Å². The van der Waals surface area contributed by atoms with Crippen molar-refractivity contribution in [2.24, 2.45) is 0 Å². The Bertz CT molecular complexity index is 301. The lowest BCUT2D eigenvalue weighted by molar-refractivity contribution is -0.138. The monoisotopic (exact) mass is 269 g/mol. The van der Waals surface area contributed by atoms with Gasteiger partial charge in [0, 0.05) is 12.6 Å². The maximum Gasteiger partial charge on any atom is 0.394 e. The molecular formula is C9H19NO6S. The van der Waals surface area contributed by atoms with Crippen LogP contribution in [0, 0.1) is 0 Å². The molecule has 8 heteroatoms. The first kappa shape index (κ1) is 18.4. The van der Waals surface area contributed by atoms with Crippen LogP contribution in [0.5, 0.6) is 0 Å². The van der Waals surface area contributed by atoms with Crippen LogP contribution >= 0.6 is 0 Å². The van der Waals surface area contributed by atoms with E-state index >= 15 is 0 Å². The molecule has 0 radical (unpaired) electrons. The van der Waals surface area contributed by atoms with Gasteiger partial charge in [0.05, 0.1) is 0 Å². The van der Waals surface area contributed by atoms with E-state index in [4.69, 9.17) is 22.3 Å². The van der Waals surface area contributed by atoms with Crippen molar-refractivity contribution in [1.29, 1.82) is 0 Å². The number of esters is 1. The first-order valence-corrected chi connectivity index (χ1v) is 6.35. The summed E-state index contributed by atoms with van der Waals surface area (Å²) in [5.74, 6) is -0.345. The Morgan fingerprint density at radius 3 is 2.06 bits per heavy atom. The Labute approximate surface area is 102 Å². The van der Waals surface area contributed by atoms with Crippen molar-refractivity contribution in [3.63, 3.8) is 0 Å². The van der Waals surface area contributed by atoms with Crippen molar-refractivity contribution < 1.29 is 27.1 Å². The molecule has 0 aromatic carbocycles. The fourth-order valence-electron chi connectivity index (χ4n) is 0.874. The highest BCUT2D eigenvalue weighted by atomic mass is 32.3. The summed E-state index contributed by atoms with van der Waals surface area (Å²) in [4.78, 5) is 12.8. The average Bonchev–Trinajstić information content (AvgIpc) is 2.21. The van der Waals surface area contributed by atoms with Crippen LogP contribution in [0.2, 0.25) is 0 Å². The zero-order valence-corrected chi connectivity index (χ0v) is 10.8. The minimum absolute atomic E-state index is 0.345. The zero-order chi connectivity index (χ0) is 13.9. The van der Waals surface area contributed by atoms with E-state index in [1.165, 1.54) is 6.08 Å². The van der Waals surface area contributed by atoms with Gasteiger partial charge in [0.15, 0.2) is 0 Å². The topological polar surface area (TPSA) is 104 Å². The molecule has 0 unspecified atom stereocenters. The van der Waals surface area contributed by atoms with Crippen molar-refractivity contribution >= 4 is 16.4 Å². The minimum atomic E-state index is -4.67. The van der Waals surface area contributed by atoms with Gasteiger partial charge in [-0.1, -0.05) is 20.4 Å². The summed E-state index contributed by atoms with van der Waals surface area (Å²) in [5, 5.41) is 0. The molecule has 0 aliphatic rings. The molecule has 0 heterocycles. The molecule has 0 fully saturated rings. The lowest BCUT2D eigenvalue weighted by Gasteiger charge is -2.16. The fraction of sp³-hybridized carbons (Fsp3) is 0.667. The first-order chi connectivity index (χ1) is 7.74. The van der Waals surface area contributed by atoms with Gasteiger partial charge in [-0.15, -0.1) is 0 Å². The number of likely N-dealkylation sites (N-methyl/N-ethyl adjacent to an activating group) is 1. The normalized spacial score (nSPS) is 10.4. The van der Waals surface area contributed by atoms with E-state index in [1.54, 1.807) is 0 Å². The minimum Gasteiger partial charge on any atom is -0.461 e. The fourth-order valence-corrected chi connectivity index (χ4v) is 0.874. The molecule has 2 N–H and O–H groups in total. The third-order valence-electron chi connectivity index (χ3n) is 1.71. The molecule has 7 nitrogen and oxygen atoms in total. The molecule has 0 aliphatic heterocycles. The van der Waals surface area contributed by atoms with Crippen LogP contribution in [0.4, 0.5) is 0 Å². The molecule has 0 aromatic rings. The van der Waals surface area contributed by atoms with Crippen LogP contribution in [-0.2, 0) is 19.9 Å². The van der Waals surface area contributed by atoms with Gasteiger partial charge in [-0.05, 0) is 13.1 Å². The second-order valence-electron chi connectivity index (χ2n) is 2.85. The molecular weight excluding hydrogens is 250 g/mol. The number of carbonyl (C=O) groups excluding carboxylic acids is 1. The smallest absolute Gasteiger partial charge is 0.394 e. The number of hydrogen-bond donors (Lipinski definition) is 2. The van der Waals surface area contributed by atoms with Gasteiger partial charge in [-0.2, -0.15) is 8.42 Å². The van der Waals surface area contributed by atoms with E-state index in [0.29, 0.717) is 6.61 Å². The summed E-state index contributed by atoms with van der Waals surface area (Å²) < 4.78 is 36.4. The number of nitrogens with zero attached hydrogens (tertiary/aromatic N) is 1. The van der Waals surface area contributed by atoms with Crippen molar-refractivity contribution in [3.8, 4) is 0 Å². The summed E-state index contributed by atoms with van der Waals surface area (Å²) in [7, 11) is -4.67. The number of carbonyl (C=O) groups is 1. The predicted octanol–water partition coefficient (Wildman–Crippen LogP) is 0.405. The maximum atomic E-state index is 10.6. The van der Waals surface area contributed by atoms with Gasteiger partial charge in [0.2, 0.25) is 0 Å². The first-order valence-electron chi connectivity index (χ1n) is 4.96. The standard InChI is InChI=1S/C9H17NO2.H2O4S/c1-4-9(11)12-8-7-10(5-2)6-3;1-5(2,3)4/h4H,1,5-8H2,2-3H3;(H2,1,2,3,4). The molecule has 0 rings (SSSR count). The van der Waals surface area contributed by atoms with E-state index in [-0.39, 0.29) is 5.97 Å². The Hall–Kier alpha value is -0.960. The number of ether oxygens (including phenoxy) is 1. The van der Waals surface area contributed by atoms with Crippen LogP contribution in [0.1, 0.15) is 13.8 Å². The summed E-state index contributed by atoms with van der Waals surface area (Å²) in [6, 6.07) is 0. The summed E-state index contributed by atoms with van der Waals surface area (Å²) in [6.45, 7) is 10.7. The highest BCUT2D eigenvalue weighted by Crippen LogP contribution is 1.87. The van der Waals surface area contributed by atoms with Crippen molar-refractivity contribution in [3.05, 3.63) is 12.7 Å². The van der Waals surface area contributed by atoms with Crippen molar-refractivity contribution in [1.82, 2.24) is 4.90 Å². The molecule has 0 bridgehead atoms. The maximum absolute atomic E-state index is 10.6. The second kappa shape index (κ2) is 10.2. The van der Waals surface area contributed by atoms with E-state index in [2.05, 4.69) is 25.3 Å². The zero-order valence-electron chi connectivity index (χ0n) is 10.00. The molecule has 0 spiro atoms. The van der Waals surface area contributed by atoms with Gasteiger partial charge in [-0.3, -0.25) is 9.11 Å². The summed E-state index contributed by atoms with van der Waals surface area (Å²) >= 11 is 0. The molecule has 0 aromatic heterocycles. The Morgan fingerprint density at radius 2 is 1.76 bits per heavy atom. The van der Waals surface area contributed by atoms with E-state index in [9.17, 15) is 4.79 Å². The van der Waals surface area contributed by atoms with Crippen molar-refractivity contribution in [2.45, 2.75) is 13.8 Å².